The zero-order valence-corrected chi connectivity index (χ0v) is 17.1. The number of nitrogens with two attached hydrogens (primary N) is 1. The smallest absolute Gasteiger partial charge is 0.256 e. The van der Waals surface area contributed by atoms with Crippen molar-refractivity contribution in [3.8, 4) is 5.88 Å². The number of ether oxygens (including phenoxy) is 2. The fraction of sp³-hybridized carbons (Fsp3) is 0.611. The molecule has 2 aromatic heterocycles. The summed E-state index contributed by atoms with van der Waals surface area (Å²) >= 11 is 1.25. The van der Waals surface area contributed by atoms with E-state index in [1.54, 1.807) is 12.5 Å². The molecule has 3 heterocycles. The van der Waals surface area contributed by atoms with Crippen molar-refractivity contribution in [3.05, 3.63) is 10.9 Å². The lowest BCUT2D eigenvalue weighted by atomic mass is 10.0. The minimum absolute atomic E-state index is 0.0366. The van der Waals surface area contributed by atoms with Crippen LogP contribution in [0.5, 0.6) is 5.88 Å². The molecule has 0 bridgehead atoms. The zero-order valence-electron chi connectivity index (χ0n) is 16.3. The number of hydrogen-bond acceptors (Lipinski definition) is 9. The van der Waals surface area contributed by atoms with Gasteiger partial charge < -0.3 is 30.1 Å². The zero-order chi connectivity index (χ0) is 20.1. The highest BCUT2D eigenvalue weighted by atomic mass is 32.1. The van der Waals surface area contributed by atoms with Gasteiger partial charge in [-0.15, -0.1) is 11.3 Å². The number of aromatic nitrogens is 2. The maximum Gasteiger partial charge on any atom is 0.256 e. The van der Waals surface area contributed by atoms with Gasteiger partial charge in [-0.3, -0.25) is 4.79 Å². The first kappa shape index (κ1) is 20.7. The van der Waals surface area contributed by atoms with Crippen LogP contribution in [-0.2, 0) is 9.47 Å². The molecular weight excluding hydrogens is 382 g/mol. The van der Waals surface area contributed by atoms with Crippen LogP contribution in [0.2, 0.25) is 0 Å². The van der Waals surface area contributed by atoms with Crippen molar-refractivity contribution in [1.29, 1.82) is 0 Å². The van der Waals surface area contributed by atoms with Crippen LogP contribution in [0, 0.1) is 0 Å². The van der Waals surface area contributed by atoms with E-state index in [0.29, 0.717) is 54.7 Å². The topological polar surface area (TPSA) is 114 Å². The molecule has 1 saturated heterocycles. The Morgan fingerprint density at radius 1 is 1.36 bits per heavy atom. The van der Waals surface area contributed by atoms with Gasteiger partial charge in [0.25, 0.3) is 5.91 Å². The van der Waals surface area contributed by atoms with E-state index >= 15 is 0 Å². The van der Waals surface area contributed by atoms with E-state index in [9.17, 15) is 9.90 Å². The molecule has 10 heteroatoms. The second-order valence-corrected chi connectivity index (χ2v) is 7.72. The molecule has 154 valence electrons. The second-order valence-electron chi connectivity index (χ2n) is 6.84. The molecule has 0 unspecified atom stereocenters. The Kier molecular flexibility index (Phi) is 7.00. The van der Waals surface area contributed by atoms with Crippen molar-refractivity contribution in [2.75, 3.05) is 59.3 Å². The van der Waals surface area contributed by atoms with Crippen LogP contribution in [0.1, 0.15) is 23.2 Å². The van der Waals surface area contributed by atoms with E-state index in [1.807, 2.05) is 4.90 Å². The third-order valence-electron chi connectivity index (χ3n) is 5.04. The second kappa shape index (κ2) is 9.46. The maximum atomic E-state index is 13.0. The Hall–Kier alpha value is -2.01. The summed E-state index contributed by atoms with van der Waals surface area (Å²) in [5.41, 5.74) is 6.52. The first-order valence-corrected chi connectivity index (χ1v) is 10.2. The van der Waals surface area contributed by atoms with Crippen LogP contribution in [-0.4, -0.2) is 90.4 Å². The molecule has 9 nitrogen and oxygen atoms in total. The number of piperidine rings is 1. The number of aromatic hydroxyl groups is 1. The highest BCUT2D eigenvalue weighted by Gasteiger charge is 2.28. The van der Waals surface area contributed by atoms with E-state index in [0.717, 1.165) is 19.4 Å². The Morgan fingerprint density at radius 2 is 2.11 bits per heavy atom. The number of methoxy groups -OCH3 is 1. The molecule has 3 rings (SSSR count). The van der Waals surface area contributed by atoms with E-state index in [4.69, 9.17) is 15.2 Å². The van der Waals surface area contributed by atoms with E-state index in [1.165, 1.54) is 11.3 Å². The fourth-order valence-corrected chi connectivity index (χ4v) is 4.25. The normalized spacial score (nSPS) is 15.6. The molecule has 28 heavy (non-hydrogen) atoms. The molecule has 1 fully saturated rings. The van der Waals surface area contributed by atoms with Crippen molar-refractivity contribution in [3.63, 3.8) is 0 Å². The molecule has 3 N–H and O–H groups in total. The standard InChI is InChI=1S/C18H27N5O4S/c1-22(7-8-27-10-9-26-2)12-3-5-23(6-4-12)17(25)13-11-28-15-14(13)20-18(19)21-16(15)24/h11-12H,3-10H2,1-2H3,(H3,19,20,21,24). The van der Waals surface area contributed by atoms with Crippen LogP contribution >= 0.6 is 11.3 Å². The highest BCUT2D eigenvalue weighted by Crippen LogP contribution is 2.32. The van der Waals surface area contributed by atoms with Crippen molar-refractivity contribution in [2.24, 2.45) is 0 Å². The van der Waals surface area contributed by atoms with Gasteiger partial charge in [0, 0.05) is 38.2 Å². The van der Waals surface area contributed by atoms with E-state index in [2.05, 4.69) is 21.9 Å². The average Bonchev–Trinajstić information content (AvgIpc) is 3.11. The molecule has 0 atom stereocenters. The molecule has 1 amide bonds. The summed E-state index contributed by atoms with van der Waals surface area (Å²) in [5.74, 6) is -0.294. The first-order valence-electron chi connectivity index (χ1n) is 9.31. The number of amides is 1. The maximum absolute atomic E-state index is 13.0. The van der Waals surface area contributed by atoms with Crippen molar-refractivity contribution < 1.29 is 19.4 Å². The SMILES string of the molecule is COCCOCCN(C)C1CCN(C(=O)c2csc3c(O)nc(N)nc23)CC1. The van der Waals surface area contributed by atoms with Gasteiger partial charge in [-0.1, -0.05) is 0 Å². The minimum atomic E-state index is -0.181. The lowest BCUT2D eigenvalue weighted by Gasteiger charge is -2.36. The van der Waals surface area contributed by atoms with Crippen LogP contribution in [0.25, 0.3) is 10.2 Å². The molecule has 0 spiro atoms. The number of carbonyl (C=O) groups excluding carboxylic acids is 1. The molecule has 1 aliphatic rings. The minimum Gasteiger partial charge on any atom is -0.492 e. The summed E-state index contributed by atoms with van der Waals surface area (Å²) in [6.45, 7) is 4.10. The number of nitrogen functional groups attached to an aromatic ring is 1. The van der Waals surface area contributed by atoms with Crippen molar-refractivity contribution >= 4 is 33.4 Å². The van der Waals surface area contributed by atoms with Gasteiger partial charge in [-0.05, 0) is 19.9 Å². The van der Waals surface area contributed by atoms with Gasteiger partial charge >= 0.3 is 0 Å². The van der Waals surface area contributed by atoms with Gasteiger partial charge in [0.1, 0.15) is 10.2 Å². The summed E-state index contributed by atoms with van der Waals surface area (Å²) < 4.78 is 11.0. The number of likely N-dealkylation sites (N-methyl/N-ethyl adjacent to an activating group) is 1. The molecule has 1 aliphatic heterocycles. The summed E-state index contributed by atoms with van der Waals surface area (Å²) in [7, 11) is 3.75. The lowest BCUT2D eigenvalue weighted by Crippen LogP contribution is -2.46. The molecule has 0 saturated carbocycles. The summed E-state index contributed by atoms with van der Waals surface area (Å²) in [6.07, 6.45) is 1.81. The molecule has 2 aromatic rings. The number of thiophene rings is 1. The third kappa shape index (κ3) is 4.69. The monoisotopic (exact) mass is 409 g/mol. The number of anilines is 1. The average molecular weight is 410 g/mol. The predicted molar refractivity (Wildman–Crippen MR) is 108 cm³/mol. The number of hydrogen-bond donors (Lipinski definition) is 2. The van der Waals surface area contributed by atoms with Gasteiger partial charge in [0.2, 0.25) is 11.8 Å². The number of nitrogens with zero attached hydrogens (tertiary/aromatic N) is 4. The number of likely N-dealkylation sites (tertiary alicyclic amines) is 1. The summed E-state index contributed by atoms with van der Waals surface area (Å²) in [4.78, 5) is 25.0. The van der Waals surface area contributed by atoms with E-state index in [-0.39, 0.29) is 17.7 Å². The molecular formula is C18H27N5O4S. The Bertz CT molecular complexity index is 807. The van der Waals surface area contributed by atoms with Crippen molar-refractivity contribution in [1.82, 2.24) is 19.8 Å². The van der Waals surface area contributed by atoms with Crippen molar-refractivity contribution in [2.45, 2.75) is 18.9 Å². The molecule has 0 aromatic carbocycles. The largest absolute Gasteiger partial charge is 0.492 e. The quantitative estimate of drug-likeness (QED) is 0.625. The predicted octanol–water partition coefficient (Wildman–Crippen LogP) is 1.18. The first-order chi connectivity index (χ1) is 13.5. The van der Waals surface area contributed by atoms with Crippen LogP contribution in [0.3, 0.4) is 0 Å². The van der Waals surface area contributed by atoms with Gasteiger partial charge in [-0.25, -0.2) is 4.98 Å². The number of rotatable bonds is 8. The Labute approximate surface area is 168 Å². The molecule has 0 aliphatic carbocycles. The fourth-order valence-electron chi connectivity index (χ4n) is 3.39. The van der Waals surface area contributed by atoms with E-state index < -0.39 is 0 Å². The number of fused-ring (bicyclic) bond motifs is 1. The molecule has 0 radical (unpaired) electrons. The van der Waals surface area contributed by atoms with Gasteiger partial charge in [-0.2, -0.15) is 4.98 Å². The number of carbonyl (C=O) groups is 1. The summed E-state index contributed by atoms with van der Waals surface area (Å²) in [6, 6.07) is 0.427. The Morgan fingerprint density at radius 3 is 2.82 bits per heavy atom. The Balaban J connectivity index is 1.54. The van der Waals surface area contributed by atoms with Crippen LogP contribution in [0.4, 0.5) is 5.95 Å². The summed E-state index contributed by atoms with van der Waals surface area (Å²) in [5, 5.41) is 11.6. The van der Waals surface area contributed by atoms with Gasteiger partial charge in [0.05, 0.1) is 25.4 Å². The lowest BCUT2D eigenvalue weighted by molar-refractivity contribution is 0.0439. The highest BCUT2D eigenvalue weighted by molar-refractivity contribution is 7.17. The van der Waals surface area contributed by atoms with Gasteiger partial charge in [0.15, 0.2) is 0 Å². The third-order valence-corrected chi connectivity index (χ3v) is 6.01. The van der Waals surface area contributed by atoms with Crippen LogP contribution in [0.15, 0.2) is 5.38 Å². The van der Waals surface area contributed by atoms with Crippen LogP contribution < -0.4 is 5.73 Å².